The molecule has 1 saturated carbocycles. The molecule has 0 spiro atoms. The van der Waals surface area contributed by atoms with E-state index in [1.54, 1.807) is 17.8 Å². The molecule has 1 aliphatic carbocycles. The van der Waals surface area contributed by atoms with Crippen LogP contribution < -0.4 is 5.32 Å². The Balaban J connectivity index is 1.79. The summed E-state index contributed by atoms with van der Waals surface area (Å²) in [6.07, 6.45) is 6.09. The summed E-state index contributed by atoms with van der Waals surface area (Å²) in [5, 5.41) is 13.6. The van der Waals surface area contributed by atoms with Crippen molar-refractivity contribution in [2.24, 2.45) is 5.92 Å². The molecule has 0 radical (unpaired) electrons. The van der Waals surface area contributed by atoms with E-state index in [1.165, 1.54) is 13.1 Å². The molecule has 1 unspecified atom stereocenters. The number of hydrogen-bond donors (Lipinski definition) is 2. The molecule has 1 atom stereocenters. The Kier molecular flexibility index (Phi) is 4.96. The minimum atomic E-state index is -1.30. The van der Waals surface area contributed by atoms with Crippen LogP contribution in [0.2, 0.25) is 0 Å². The van der Waals surface area contributed by atoms with Crippen LogP contribution in [0, 0.1) is 12.8 Å². The van der Waals surface area contributed by atoms with E-state index in [1.807, 2.05) is 0 Å². The average molecular weight is 347 g/mol. The van der Waals surface area contributed by atoms with Crippen LogP contribution in [0.1, 0.15) is 66.6 Å². The van der Waals surface area contributed by atoms with Gasteiger partial charge in [-0.25, -0.2) is 4.39 Å². The average Bonchev–Trinajstić information content (AvgIpc) is 3.21. The molecule has 8 heteroatoms. The first-order valence-electron chi connectivity index (χ1n) is 8.49. The van der Waals surface area contributed by atoms with E-state index in [9.17, 15) is 14.0 Å². The highest BCUT2D eigenvalue weighted by Gasteiger charge is 2.26. The van der Waals surface area contributed by atoms with E-state index in [2.05, 4.69) is 20.6 Å². The summed E-state index contributed by atoms with van der Waals surface area (Å²) in [4.78, 5) is 23.3. The van der Waals surface area contributed by atoms with Gasteiger partial charge in [0.05, 0.1) is 23.5 Å². The van der Waals surface area contributed by atoms with Crippen LogP contribution in [0.3, 0.4) is 0 Å². The van der Waals surface area contributed by atoms with Gasteiger partial charge in [-0.15, -0.1) is 0 Å². The van der Waals surface area contributed by atoms with Gasteiger partial charge in [-0.3, -0.25) is 14.6 Å². The maximum absolute atomic E-state index is 14.0. The predicted molar refractivity (Wildman–Crippen MR) is 90.1 cm³/mol. The molecule has 2 heterocycles. The van der Waals surface area contributed by atoms with Crippen LogP contribution in [0.25, 0.3) is 0 Å². The fourth-order valence-corrected chi connectivity index (χ4v) is 3.25. The summed E-state index contributed by atoms with van der Waals surface area (Å²) in [5.74, 6) is -0.244. The van der Waals surface area contributed by atoms with E-state index >= 15 is 0 Å². The first-order valence-corrected chi connectivity index (χ1v) is 8.49. The number of anilines is 1. The maximum Gasteiger partial charge on any atom is 0.259 e. The van der Waals surface area contributed by atoms with Gasteiger partial charge >= 0.3 is 0 Å². The lowest BCUT2D eigenvalue weighted by molar-refractivity contribution is -0.112. The number of carbonyl (C=O) groups excluding carboxylic acids is 2. The van der Waals surface area contributed by atoms with Crippen molar-refractivity contribution in [3.63, 3.8) is 0 Å². The molecule has 25 heavy (non-hydrogen) atoms. The molecular formula is C17H22FN5O2. The van der Waals surface area contributed by atoms with Crippen LogP contribution in [0.15, 0.2) is 12.4 Å². The van der Waals surface area contributed by atoms with Crippen LogP contribution >= 0.6 is 0 Å². The Morgan fingerprint density at radius 1 is 1.44 bits per heavy atom. The topological polar surface area (TPSA) is 92.7 Å². The number of carbonyl (C=O) groups is 2. The number of nitrogens with one attached hydrogen (secondary N) is 2. The zero-order chi connectivity index (χ0) is 18.0. The Morgan fingerprint density at radius 2 is 2.16 bits per heavy atom. The molecule has 0 aromatic carbocycles. The second-order valence-electron chi connectivity index (χ2n) is 6.59. The third-order valence-electron chi connectivity index (χ3n) is 4.77. The van der Waals surface area contributed by atoms with Crippen molar-refractivity contribution in [3.05, 3.63) is 29.3 Å². The standard InChI is InChI=1S/C17H22FN5O2/c1-10(18)16-15(20-17(25)14-7-19-21-11(14)2)8-23(22-16)13-5-3-12(9-24)4-6-13/h7-10,12-13H,3-6H2,1-2H3,(H,19,21)(H,20,25)/t10?,12-,13-. The molecule has 3 rings (SSSR count). The number of aldehydes is 1. The number of H-pyrrole nitrogens is 1. The van der Waals surface area contributed by atoms with Gasteiger partial charge < -0.3 is 10.1 Å². The molecule has 7 nitrogen and oxygen atoms in total. The summed E-state index contributed by atoms with van der Waals surface area (Å²) in [6.45, 7) is 3.14. The zero-order valence-electron chi connectivity index (χ0n) is 14.3. The number of aromatic nitrogens is 4. The Morgan fingerprint density at radius 3 is 2.72 bits per heavy atom. The molecule has 0 saturated heterocycles. The fraction of sp³-hybridized carbons (Fsp3) is 0.529. The predicted octanol–water partition coefficient (Wildman–Crippen LogP) is 3.13. The minimum Gasteiger partial charge on any atom is -0.319 e. The van der Waals surface area contributed by atoms with Crippen LogP contribution in [-0.4, -0.2) is 32.2 Å². The highest BCUT2D eigenvalue weighted by atomic mass is 19.1. The second-order valence-corrected chi connectivity index (χ2v) is 6.59. The molecule has 0 bridgehead atoms. The summed E-state index contributed by atoms with van der Waals surface area (Å²) in [6, 6.07) is 0.120. The summed E-state index contributed by atoms with van der Waals surface area (Å²) >= 11 is 0. The van der Waals surface area contributed by atoms with E-state index in [-0.39, 0.29) is 23.6 Å². The lowest BCUT2D eigenvalue weighted by Gasteiger charge is -2.25. The van der Waals surface area contributed by atoms with E-state index in [0.29, 0.717) is 16.9 Å². The number of aryl methyl sites for hydroxylation is 1. The van der Waals surface area contributed by atoms with Crippen molar-refractivity contribution >= 4 is 17.9 Å². The van der Waals surface area contributed by atoms with Crippen LogP contribution in [-0.2, 0) is 4.79 Å². The summed E-state index contributed by atoms with van der Waals surface area (Å²) in [5.41, 5.74) is 1.65. The van der Waals surface area contributed by atoms with E-state index < -0.39 is 6.17 Å². The van der Waals surface area contributed by atoms with Crippen molar-refractivity contribution in [1.82, 2.24) is 20.0 Å². The van der Waals surface area contributed by atoms with Crippen molar-refractivity contribution in [1.29, 1.82) is 0 Å². The van der Waals surface area contributed by atoms with Crippen LogP contribution in [0.5, 0.6) is 0 Å². The second kappa shape index (κ2) is 7.16. The van der Waals surface area contributed by atoms with E-state index in [0.717, 1.165) is 32.0 Å². The number of hydrogen-bond acceptors (Lipinski definition) is 4. The van der Waals surface area contributed by atoms with Gasteiger partial charge in [0.25, 0.3) is 5.91 Å². The number of rotatable bonds is 5. The van der Waals surface area contributed by atoms with Gasteiger partial charge in [0.1, 0.15) is 18.2 Å². The fourth-order valence-electron chi connectivity index (χ4n) is 3.25. The third kappa shape index (κ3) is 3.62. The minimum absolute atomic E-state index is 0.106. The highest BCUT2D eigenvalue weighted by Crippen LogP contribution is 2.33. The molecular weight excluding hydrogens is 325 g/mol. The first kappa shape index (κ1) is 17.3. The SMILES string of the molecule is Cc1[nH]ncc1C(=O)Nc1cn([C@H]2CC[C@H](C=O)CC2)nc1C(C)F. The van der Waals surface area contributed by atoms with Gasteiger partial charge in [-0.05, 0) is 39.5 Å². The monoisotopic (exact) mass is 347 g/mol. The number of amides is 1. The summed E-state index contributed by atoms with van der Waals surface area (Å²) < 4.78 is 15.7. The van der Waals surface area contributed by atoms with Crippen LogP contribution in [0.4, 0.5) is 10.1 Å². The Hall–Kier alpha value is -2.51. The number of nitrogens with zero attached hydrogens (tertiary/aromatic N) is 3. The Bertz CT molecular complexity index is 759. The first-order chi connectivity index (χ1) is 12.0. The molecule has 2 aromatic rings. The zero-order valence-corrected chi connectivity index (χ0v) is 14.3. The molecule has 2 N–H and O–H groups in total. The number of aromatic amines is 1. The Labute approximate surface area is 145 Å². The third-order valence-corrected chi connectivity index (χ3v) is 4.77. The maximum atomic E-state index is 14.0. The molecule has 1 fully saturated rings. The largest absolute Gasteiger partial charge is 0.319 e. The normalized spacial score (nSPS) is 21.7. The molecule has 1 aliphatic rings. The molecule has 0 aliphatic heterocycles. The molecule has 1 amide bonds. The smallest absolute Gasteiger partial charge is 0.259 e. The van der Waals surface area contributed by atoms with Crippen molar-refractivity contribution in [3.8, 4) is 0 Å². The van der Waals surface area contributed by atoms with Crippen molar-refractivity contribution in [2.75, 3.05) is 5.32 Å². The van der Waals surface area contributed by atoms with Gasteiger partial charge in [-0.1, -0.05) is 0 Å². The van der Waals surface area contributed by atoms with Gasteiger partial charge in [-0.2, -0.15) is 10.2 Å². The van der Waals surface area contributed by atoms with Gasteiger partial charge in [0.15, 0.2) is 0 Å². The van der Waals surface area contributed by atoms with Crippen molar-refractivity contribution < 1.29 is 14.0 Å². The van der Waals surface area contributed by atoms with Gasteiger partial charge in [0, 0.05) is 17.8 Å². The van der Waals surface area contributed by atoms with Gasteiger partial charge in [0.2, 0.25) is 0 Å². The van der Waals surface area contributed by atoms with Crippen molar-refractivity contribution in [2.45, 2.75) is 51.7 Å². The highest BCUT2D eigenvalue weighted by molar-refractivity contribution is 6.05. The lowest BCUT2D eigenvalue weighted by atomic mass is 9.87. The summed E-state index contributed by atoms with van der Waals surface area (Å²) in [7, 11) is 0. The quantitative estimate of drug-likeness (QED) is 0.813. The lowest BCUT2D eigenvalue weighted by Crippen LogP contribution is -2.19. The number of alkyl halides is 1. The van der Waals surface area contributed by atoms with E-state index in [4.69, 9.17) is 0 Å². The number of halogens is 1. The molecule has 134 valence electrons. The molecule has 2 aromatic heterocycles.